The van der Waals surface area contributed by atoms with E-state index in [2.05, 4.69) is 46.6 Å². The Morgan fingerprint density at radius 2 is 2.31 bits per heavy atom. The zero-order chi connectivity index (χ0) is 9.84. The molecule has 0 saturated carbocycles. The van der Waals surface area contributed by atoms with Crippen LogP contribution >= 0.6 is 27.3 Å². The Bertz CT molecular complexity index is 260. The molecular weight excluding hydrogens is 248 g/mol. The highest BCUT2D eigenvalue weighted by atomic mass is 79.9. The summed E-state index contributed by atoms with van der Waals surface area (Å²) >= 11 is 5.21. The molecule has 3 N–H and O–H groups in total. The van der Waals surface area contributed by atoms with Gasteiger partial charge in [0.05, 0.1) is 0 Å². The van der Waals surface area contributed by atoms with Crippen LogP contribution in [0.1, 0.15) is 18.7 Å². The lowest BCUT2D eigenvalue weighted by Crippen LogP contribution is -2.40. The highest BCUT2D eigenvalue weighted by Crippen LogP contribution is 2.22. The summed E-state index contributed by atoms with van der Waals surface area (Å²) in [4.78, 5) is 1.36. The van der Waals surface area contributed by atoms with Crippen LogP contribution in [0.3, 0.4) is 0 Å². The van der Waals surface area contributed by atoms with E-state index >= 15 is 0 Å². The van der Waals surface area contributed by atoms with Crippen molar-refractivity contribution < 1.29 is 0 Å². The molecule has 1 unspecified atom stereocenters. The lowest BCUT2D eigenvalue weighted by molar-refractivity contribution is 0.406. The van der Waals surface area contributed by atoms with Crippen LogP contribution in [0.25, 0.3) is 0 Å². The van der Waals surface area contributed by atoms with Gasteiger partial charge in [0.25, 0.3) is 0 Å². The van der Waals surface area contributed by atoms with Gasteiger partial charge in [-0.3, -0.25) is 11.3 Å². The normalized spacial score (nSPS) is 13.6. The van der Waals surface area contributed by atoms with E-state index in [1.807, 2.05) is 0 Å². The van der Waals surface area contributed by atoms with Crippen molar-refractivity contribution >= 4 is 27.3 Å². The average molecular weight is 263 g/mol. The minimum Gasteiger partial charge on any atom is -0.271 e. The molecule has 0 aromatic carbocycles. The van der Waals surface area contributed by atoms with Crippen LogP contribution in [0.5, 0.6) is 0 Å². The van der Waals surface area contributed by atoms with Crippen molar-refractivity contribution in [3.05, 3.63) is 20.8 Å². The molecular formula is C9H15BrN2S. The maximum absolute atomic E-state index is 5.47. The third-order valence-corrected chi connectivity index (χ3v) is 3.78. The lowest BCUT2D eigenvalue weighted by Gasteiger charge is -2.18. The molecule has 0 amide bonds. The molecule has 1 rings (SSSR count). The first-order chi connectivity index (χ1) is 6.13. The van der Waals surface area contributed by atoms with Crippen LogP contribution in [-0.4, -0.2) is 6.04 Å². The summed E-state index contributed by atoms with van der Waals surface area (Å²) in [6, 6.07) is 2.52. The van der Waals surface area contributed by atoms with Crippen molar-refractivity contribution in [2.75, 3.05) is 0 Å². The number of halogens is 1. The van der Waals surface area contributed by atoms with Crippen LogP contribution in [0, 0.1) is 5.92 Å². The Morgan fingerprint density at radius 3 is 2.69 bits per heavy atom. The van der Waals surface area contributed by atoms with E-state index < -0.39 is 0 Å². The maximum Gasteiger partial charge on any atom is 0.0285 e. The molecule has 0 aliphatic carbocycles. The van der Waals surface area contributed by atoms with Crippen molar-refractivity contribution in [1.29, 1.82) is 0 Å². The Kier molecular flexibility index (Phi) is 4.38. The van der Waals surface area contributed by atoms with E-state index in [9.17, 15) is 0 Å². The van der Waals surface area contributed by atoms with Crippen molar-refractivity contribution in [3.63, 3.8) is 0 Å². The summed E-state index contributed by atoms with van der Waals surface area (Å²) in [5, 5.41) is 2.10. The Morgan fingerprint density at radius 1 is 1.62 bits per heavy atom. The topological polar surface area (TPSA) is 38.0 Å². The summed E-state index contributed by atoms with van der Waals surface area (Å²) in [7, 11) is 0. The maximum atomic E-state index is 5.47. The number of rotatable bonds is 4. The smallest absolute Gasteiger partial charge is 0.0285 e. The van der Waals surface area contributed by atoms with Crippen molar-refractivity contribution in [3.8, 4) is 0 Å². The van der Waals surface area contributed by atoms with Crippen molar-refractivity contribution in [2.45, 2.75) is 26.3 Å². The average Bonchev–Trinajstić information content (AvgIpc) is 2.46. The Labute approximate surface area is 91.6 Å². The first-order valence-electron chi connectivity index (χ1n) is 4.32. The summed E-state index contributed by atoms with van der Waals surface area (Å²) in [6.07, 6.45) is 1.00. The molecule has 74 valence electrons. The van der Waals surface area contributed by atoms with Gasteiger partial charge in [-0.15, -0.1) is 11.3 Å². The number of nitrogens with two attached hydrogens (primary N) is 1. The molecule has 0 radical (unpaired) electrons. The van der Waals surface area contributed by atoms with Gasteiger partial charge >= 0.3 is 0 Å². The standard InChI is InChI=1S/C9H15BrN2S/c1-6(2)9(12-11)4-8-3-7(10)5-13-8/h3,5-6,9,12H,4,11H2,1-2H3. The Balaban J connectivity index is 2.56. The second kappa shape index (κ2) is 5.10. The first-order valence-corrected chi connectivity index (χ1v) is 5.99. The predicted octanol–water partition coefficient (Wildman–Crippen LogP) is 2.54. The van der Waals surface area contributed by atoms with Gasteiger partial charge in [-0.2, -0.15) is 0 Å². The molecule has 1 atom stereocenters. The van der Waals surface area contributed by atoms with E-state index in [1.54, 1.807) is 11.3 Å². The molecule has 2 nitrogen and oxygen atoms in total. The van der Waals surface area contributed by atoms with Crippen molar-refractivity contribution in [1.82, 2.24) is 5.43 Å². The van der Waals surface area contributed by atoms with Gasteiger partial charge in [-0.1, -0.05) is 13.8 Å². The highest BCUT2D eigenvalue weighted by Gasteiger charge is 2.12. The number of hydrogen-bond donors (Lipinski definition) is 2. The number of hydrazine groups is 1. The van der Waals surface area contributed by atoms with E-state index in [0.717, 1.165) is 10.9 Å². The largest absolute Gasteiger partial charge is 0.271 e. The SMILES string of the molecule is CC(C)C(Cc1cc(Br)cs1)NN. The van der Waals surface area contributed by atoms with Gasteiger partial charge < -0.3 is 0 Å². The first kappa shape index (κ1) is 11.2. The molecule has 0 bridgehead atoms. The number of nitrogens with one attached hydrogen (secondary N) is 1. The van der Waals surface area contributed by atoms with E-state index in [0.29, 0.717) is 12.0 Å². The fourth-order valence-electron chi connectivity index (χ4n) is 1.16. The van der Waals surface area contributed by atoms with E-state index in [4.69, 9.17) is 5.84 Å². The molecule has 1 aromatic rings. The molecule has 4 heteroatoms. The van der Waals surface area contributed by atoms with Gasteiger partial charge in [0.2, 0.25) is 0 Å². The quantitative estimate of drug-likeness (QED) is 0.647. The zero-order valence-electron chi connectivity index (χ0n) is 7.88. The van der Waals surface area contributed by atoms with Gasteiger partial charge in [0, 0.05) is 20.8 Å². The number of hydrogen-bond acceptors (Lipinski definition) is 3. The minimum atomic E-state index is 0.366. The minimum absolute atomic E-state index is 0.366. The van der Waals surface area contributed by atoms with Crippen LogP contribution in [0.4, 0.5) is 0 Å². The molecule has 13 heavy (non-hydrogen) atoms. The fraction of sp³-hybridized carbons (Fsp3) is 0.556. The van der Waals surface area contributed by atoms with Crippen LogP contribution in [0.2, 0.25) is 0 Å². The van der Waals surface area contributed by atoms with Gasteiger partial charge in [0.15, 0.2) is 0 Å². The highest BCUT2D eigenvalue weighted by molar-refractivity contribution is 9.10. The van der Waals surface area contributed by atoms with Crippen LogP contribution in [0.15, 0.2) is 15.9 Å². The van der Waals surface area contributed by atoms with Gasteiger partial charge in [0.1, 0.15) is 0 Å². The fourth-order valence-corrected chi connectivity index (χ4v) is 2.68. The second-order valence-electron chi connectivity index (χ2n) is 3.45. The number of thiophene rings is 1. The van der Waals surface area contributed by atoms with Crippen LogP contribution in [-0.2, 0) is 6.42 Å². The summed E-state index contributed by atoms with van der Waals surface area (Å²) in [5.74, 6) is 6.03. The molecule has 0 aliphatic heterocycles. The van der Waals surface area contributed by atoms with E-state index in [1.165, 1.54) is 4.88 Å². The molecule has 0 fully saturated rings. The monoisotopic (exact) mass is 262 g/mol. The predicted molar refractivity (Wildman–Crippen MR) is 61.7 cm³/mol. The van der Waals surface area contributed by atoms with Gasteiger partial charge in [-0.05, 0) is 34.3 Å². The molecule has 0 saturated heterocycles. The molecule has 1 heterocycles. The third-order valence-electron chi connectivity index (χ3n) is 2.06. The Hall–Kier alpha value is 0.1000. The summed E-state index contributed by atoms with van der Waals surface area (Å²) in [6.45, 7) is 4.35. The third kappa shape index (κ3) is 3.38. The summed E-state index contributed by atoms with van der Waals surface area (Å²) < 4.78 is 1.16. The van der Waals surface area contributed by atoms with E-state index in [-0.39, 0.29) is 0 Å². The molecule has 1 aromatic heterocycles. The lowest BCUT2D eigenvalue weighted by atomic mass is 10.0. The molecule has 0 aliphatic rings. The van der Waals surface area contributed by atoms with Gasteiger partial charge in [-0.25, -0.2) is 0 Å². The van der Waals surface area contributed by atoms with Crippen LogP contribution < -0.4 is 11.3 Å². The van der Waals surface area contributed by atoms with Crippen molar-refractivity contribution in [2.24, 2.45) is 11.8 Å². The second-order valence-corrected chi connectivity index (χ2v) is 5.36. The zero-order valence-corrected chi connectivity index (χ0v) is 10.3. The molecule has 0 spiro atoms. The summed E-state index contributed by atoms with van der Waals surface area (Å²) in [5.41, 5.74) is 2.85.